The van der Waals surface area contributed by atoms with Crippen LogP contribution < -0.4 is 5.32 Å². The Labute approximate surface area is 194 Å². The molecule has 0 amide bonds. The van der Waals surface area contributed by atoms with E-state index in [0.717, 1.165) is 44.9 Å². The van der Waals surface area contributed by atoms with Crippen molar-refractivity contribution in [1.82, 2.24) is 9.88 Å². The summed E-state index contributed by atoms with van der Waals surface area (Å²) in [6.45, 7) is 6.49. The number of thioether (sulfide) groups is 1. The van der Waals surface area contributed by atoms with Crippen molar-refractivity contribution in [2.75, 3.05) is 56.3 Å². The second-order valence-electron chi connectivity index (χ2n) is 8.69. The van der Waals surface area contributed by atoms with Gasteiger partial charge in [-0.15, -0.1) is 0 Å². The van der Waals surface area contributed by atoms with Gasteiger partial charge >= 0.3 is 0 Å². The lowest BCUT2D eigenvalue weighted by Crippen LogP contribution is -2.35. The van der Waals surface area contributed by atoms with Gasteiger partial charge < -0.3 is 19.8 Å². The van der Waals surface area contributed by atoms with Gasteiger partial charge in [0.25, 0.3) is 0 Å². The van der Waals surface area contributed by atoms with E-state index in [1.165, 1.54) is 52.3 Å². The summed E-state index contributed by atoms with van der Waals surface area (Å²) in [7, 11) is 0. The molecule has 0 bridgehead atoms. The van der Waals surface area contributed by atoms with Gasteiger partial charge in [0, 0.05) is 61.5 Å². The molecule has 0 saturated carbocycles. The first kappa shape index (κ1) is 21.8. The molecule has 6 heteroatoms. The molecule has 0 atom stereocenters. The highest BCUT2D eigenvalue weighted by atomic mass is 32.2. The summed E-state index contributed by atoms with van der Waals surface area (Å²) in [5.74, 6) is 2.49. The molecular formula is C26H33N3O2S. The molecule has 2 saturated heterocycles. The van der Waals surface area contributed by atoms with E-state index in [1.807, 2.05) is 0 Å². The molecule has 3 aromatic rings. The Bertz CT molecular complexity index is 995. The van der Waals surface area contributed by atoms with Crippen LogP contribution in [0.25, 0.3) is 22.2 Å². The molecule has 32 heavy (non-hydrogen) atoms. The van der Waals surface area contributed by atoms with Crippen molar-refractivity contribution >= 4 is 28.4 Å². The fourth-order valence-corrected chi connectivity index (χ4v) is 5.53. The van der Waals surface area contributed by atoms with Crippen LogP contribution in [0, 0.1) is 0 Å². The Kier molecular flexibility index (Phi) is 7.34. The predicted molar refractivity (Wildman–Crippen MR) is 135 cm³/mol. The molecule has 2 fully saturated rings. The maximum atomic E-state index is 6.10. The number of nitrogens with one attached hydrogen (secondary N) is 2. The smallest absolute Gasteiger partial charge is 0.0718 e. The average Bonchev–Trinajstić information content (AvgIpc) is 3.28. The third-order valence-corrected chi connectivity index (χ3v) is 7.32. The number of aromatic nitrogens is 1. The van der Waals surface area contributed by atoms with E-state index in [0.29, 0.717) is 12.6 Å². The molecule has 3 heterocycles. The monoisotopic (exact) mass is 451 g/mol. The van der Waals surface area contributed by atoms with E-state index in [2.05, 4.69) is 75.5 Å². The van der Waals surface area contributed by atoms with Crippen molar-refractivity contribution < 1.29 is 9.47 Å². The molecule has 2 aliphatic rings. The minimum Gasteiger partial charge on any atom is -0.381 e. The van der Waals surface area contributed by atoms with Crippen LogP contribution in [-0.2, 0) is 16.1 Å². The van der Waals surface area contributed by atoms with Crippen molar-refractivity contribution in [2.45, 2.75) is 25.5 Å². The largest absolute Gasteiger partial charge is 0.381 e. The lowest BCUT2D eigenvalue weighted by Gasteiger charge is -2.26. The average molecular weight is 452 g/mol. The summed E-state index contributed by atoms with van der Waals surface area (Å²) in [5, 5.41) is 5.02. The molecule has 2 aliphatic heterocycles. The van der Waals surface area contributed by atoms with Gasteiger partial charge in [-0.2, -0.15) is 11.8 Å². The Hall–Kier alpha value is -1.99. The van der Waals surface area contributed by atoms with Gasteiger partial charge in [0.2, 0.25) is 0 Å². The van der Waals surface area contributed by atoms with Gasteiger partial charge in [-0.25, -0.2) is 0 Å². The number of ether oxygens (including phenoxy) is 2. The van der Waals surface area contributed by atoms with E-state index >= 15 is 0 Å². The number of benzene rings is 2. The summed E-state index contributed by atoms with van der Waals surface area (Å²) in [5.41, 5.74) is 5.92. The van der Waals surface area contributed by atoms with Crippen LogP contribution >= 0.6 is 11.8 Å². The van der Waals surface area contributed by atoms with Crippen LogP contribution in [-0.4, -0.2) is 66.9 Å². The standard InChI is InChI=1S/C26H33N3O2S/c1-2-4-21(5-3-1)24-18-22-16-20(19-31-13-8-29-9-14-32-15-10-29)17-25(26(22)28-24)27-23-6-11-30-12-7-23/h1-5,16-18,23,27-28H,6-15,19H2. The molecule has 1 aromatic heterocycles. The number of H-pyrrole nitrogens is 1. The summed E-state index contributed by atoms with van der Waals surface area (Å²) in [4.78, 5) is 6.17. The third kappa shape index (κ3) is 5.49. The molecule has 2 N–H and O–H groups in total. The molecule has 0 radical (unpaired) electrons. The molecule has 0 aliphatic carbocycles. The number of nitrogens with zero attached hydrogens (tertiary/aromatic N) is 1. The number of anilines is 1. The van der Waals surface area contributed by atoms with Crippen molar-refractivity contribution in [3.8, 4) is 11.3 Å². The van der Waals surface area contributed by atoms with Crippen LogP contribution in [0.3, 0.4) is 0 Å². The second kappa shape index (κ2) is 10.8. The molecule has 2 aromatic carbocycles. The molecule has 5 rings (SSSR count). The lowest BCUT2D eigenvalue weighted by atomic mass is 10.1. The molecule has 0 unspecified atom stereocenters. The van der Waals surface area contributed by atoms with E-state index < -0.39 is 0 Å². The van der Waals surface area contributed by atoms with Crippen molar-refractivity contribution in [3.05, 3.63) is 54.1 Å². The SMILES string of the molecule is c1ccc(-c2cc3cc(COCCN4CCSCC4)cc(NC4CCOCC4)c3[nH]2)cc1. The molecule has 0 spiro atoms. The Morgan fingerprint density at radius 3 is 2.69 bits per heavy atom. The predicted octanol–water partition coefficient (Wildman–Crippen LogP) is 4.99. The zero-order chi connectivity index (χ0) is 21.6. The van der Waals surface area contributed by atoms with Crippen LogP contribution in [0.2, 0.25) is 0 Å². The first-order valence-electron chi connectivity index (χ1n) is 11.8. The van der Waals surface area contributed by atoms with Gasteiger partial charge in [0.15, 0.2) is 0 Å². The highest BCUT2D eigenvalue weighted by Crippen LogP contribution is 2.31. The van der Waals surface area contributed by atoms with E-state index in [9.17, 15) is 0 Å². The van der Waals surface area contributed by atoms with Gasteiger partial charge in [-0.3, -0.25) is 4.90 Å². The van der Waals surface area contributed by atoms with E-state index in [1.54, 1.807) is 0 Å². The summed E-state index contributed by atoms with van der Waals surface area (Å²) < 4.78 is 11.7. The normalized spacial score (nSPS) is 18.2. The number of aromatic amines is 1. The zero-order valence-electron chi connectivity index (χ0n) is 18.6. The second-order valence-corrected chi connectivity index (χ2v) is 9.92. The van der Waals surface area contributed by atoms with Crippen molar-refractivity contribution in [3.63, 3.8) is 0 Å². The van der Waals surface area contributed by atoms with Crippen LogP contribution in [0.1, 0.15) is 18.4 Å². The van der Waals surface area contributed by atoms with E-state index in [-0.39, 0.29) is 0 Å². The van der Waals surface area contributed by atoms with Crippen LogP contribution in [0.4, 0.5) is 5.69 Å². The molecular weight excluding hydrogens is 418 g/mol. The maximum absolute atomic E-state index is 6.10. The Morgan fingerprint density at radius 2 is 1.88 bits per heavy atom. The summed E-state index contributed by atoms with van der Waals surface area (Å²) >= 11 is 2.05. The highest BCUT2D eigenvalue weighted by Gasteiger charge is 2.17. The van der Waals surface area contributed by atoms with Crippen LogP contribution in [0.15, 0.2) is 48.5 Å². The molecule has 170 valence electrons. The minimum absolute atomic E-state index is 0.448. The Balaban J connectivity index is 1.33. The zero-order valence-corrected chi connectivity index (χ0v) is 19.5. The quantitative estimate of drug-likeness (QED) is 0.473. The fraction of sp³-hybridized carbons (Fsp3) is 0.462. The fourth-order valence-electron chi connectivity index (χ4n) is 4.55. The van der Waals surface area contributed by atoms with Gasteiger partial charge in [-0.1, -0.05) is 30.3 Å². The maximum Gasteiger partial charge on any atom is 0.0718 e. The number of hydrogen-bond acceptors (Lipinski definition) is 5. The topological polar surface area (TPSA) is 49.5 Å². The first-order chi connectivity index (χ1) is 15.8. The summed E-state index contributed by atoms with van der Waals surface area (Å²) in [6, 6.07) is 17.8. The van der Waals surface area contributed by atoms with Crippen LogP contribution in [0.5, 0.6) is 0 Å². The van der Waals surface area contributed by atoms with Crippen molar-refractivity contribution in [1.29, 1.82) is 0 Å². The van der Waals surface area contributed by atoms with E-state index in [4.69, 9.17) is 9.47 Å². The lowest BCUT2D eigenvalue weighted by molar-refractivity contribution is 0.0904. The van der Waals surface area contributed by atoms with Crippen molar-refractivity contribution in [2.24, 2.45) is 0 Å². The third-order valence-electron chi connectivity index (χ3n) is 6.38. The highest BCUT2D eigenvalue weighted by molar-refractivity contribution is 7.99. The number of fused-ring (bicyclic) bond motifs is 1. The van der Waals surface area contributed by atoms with Gasteiger partial charge in [0.1, 0.15) is 0 Å². The minimum atomic E-state index is 0.448. The van der Waals surface area contributed by atoms with Gasteiger partial charge in [0.05, 0.1) is 24.4 Å². The number of rotatable bonds is 8. The summed E-state index contributed by atoms with van der Waals surface area (Å²) in [6.07, 6.45) is 2.09. The molecule has 5 nitrogen and oxygen atoms in total. The van der Waals surface area contributed by atoms with Gasteiger partial charge in [-0.05, 0) is 42.2 Å². The Morgan fingerprint density at radius 1 is 1.06 bits per heavy atom. The number of hydrogen-bond donors (Lipinski definition) is 2. The first-order valence-corrected chi connectivity index (χ1v) is 12.9.